The number of carbonyl (C=O) groups is 1. The number of rotatable bonds is 4. The van der Waals surface area contributed by atoms with Gasteiger partial charge in [0.05, 0.1) is 0 Å². The van der Waals surface area contributed by atoms with Crippen LogP contribution < -0.4 is 5.32 Å². The normalized spacial score (nSPS) is 10.4. The van der Waals surface area contributed by atoms with Crippen LogP contribution in [0.15, 0.2) is 12.3 Å². The number of anilines is 1. The summed E-state index contributed by atoms with van der Waals surface area (Å²) in [5, 5.41) is 11.9. The minimum absolute atomic E-state index is 0.286. The number of carboxylic acid groups (broad SMARTS) is 1. The van der Waals surface area contributed by atoms with E-state index in [4.69, 9.17) is 5.11 Å². The number of carboxylic acids is 1. The summed E-state index contributed by atoms with van der Waals surface area (Å²) in [6.45, 7) is 4.12. The highest BCUT2D eigenvalue weighted by Gasteiger charge is 2.16. The number of aromatic carboxylic acids is 1. The lowest BCUT2D eigenvalue weighted by Gasteiger charge is -2.11. The van der Waals surface area contributed by atoms with Gasteiger partial charge in [0.2, 0.25) is 0 Å². The summed E-state index contributed by atoms with van der Waals surface area (Å²) in [5.74, 6) is -0.0704. The van der Waals surface area contributed by atoms with Crippen molar-refractivity contribution in [1.82, 2.24) is 4.98 Å². The third kappa shape index (κ3) is 2.68. The Kier molecular flexibility index (Phi) is 3.66. The minimum Gasteiger partial charge on any atom is -0.478 e. The summed E-state index contributed by atoms with van der Waals surface area (Å²) in [6, 6.07) is 1.77. The first-order valence-electron chi connectivity index (χ1n) is 4.95. The van der Waals surface area contributed by atoms with Crippen molar-refractivity contribution in [2.75, 3.05) is 12.4 Å². The molecule has 15 heavy (non-hydrogen) atoms. The Morgan fingerprint density at radius 1 is 1.60 bits per heavy atom. The number of nitrogens with one attached hydrogen (secondary N) is 1. The standard InChI is InChI=1S/C11H16N2O2/c1-7(2)6-8-4-5-13-10(12-3)9(8)11(14)15/h4-5,7H,6H2,1-3H3,(H,12,13)(H,14,15). The van der Waals surface area contributed by atoms with Crippen molar-refractivity contribution in [2.45, 2.75) is 20.3 Å². The first kappa shape index (κ1) is 11.5. The molecule has 0 aliphatic rings. The van der Waals surface area contributed by atoms with Crippen molar-refractivity contribution >= 4 is 11.8 Å². The van der Waals surface area contributed by atoms with Gasteiger partial charge in [-0.25, -0.2) is 9.78 Å². The molecule has 2 N–H and O–H groups in total. The molecule has 4 heteroatoms. The lowest BCUT2D eigenvalue weighted by molar-refractivity contribution is 0.0696. The molecule has 0 aliphatic carbocycles. The second-order valence-corrected chi connectivity index (χ2v) is 3.85. The van der Waals surface area contributed by atoms with Gasteiger partial charge in [-0.15, -0.1) is 0 Å². The second kappa shape index (κ2) is 4.77. The van der Waals surface area contributed by atoms with Crippen LogP contribution in [0.3, 0.4) is 0 Å². The van der Waals surface area contributed by atoms with Crippen LogP contribution >= 0.6 is 0 Å². The lowest BCUT2D eigenvalue weighted by Crippen LogP contribution is -2.10. The smallest absolute Gasteiger partial charge is 0.339 e. The number of hydrogen-bond donors (Lipinski definition) is 2. The summed E-state index contributed by atoms with van der Waals surface area (Å²) < 4.78 is 0. The van der Waals surface area contributed by atoms with E-state index in [9.17, 15) is 4.79 Å². The SMILES string of the molecule is CNc1nccc(CC(C)C)c1C(=O)O. The Hall–Kier alpha value is -1.58. The Morgan fingerprint density at radius 3 is 2.73 bits per heavy atom. The predicted molar refractivity (Wildman–Crippen MR) is 59.3 cm³/mol. The van der Waals surface area contributed by atoms with Crippen molar-refractivity contribution in [3.63, 3.8) is 0 Å². The molecule has 4 nitrogen and oxygen atoms in total. The fraction of sp³-hybridized carbons (Fsp3) is 0.455. The topological polar surface area (TPSA) is 62.2 Å². The summed E-state index contributed by atoms with van der Waals surface area (Å²) in [7, 11) is 1.67. The van der Waals surface area contributed by atoms with Crippen molar-refractivity contribution in [3.05, 3.63) is 23.4 Å². The van der Waals surface area contributed by atoms with Gasteiger partial charge < -0.3 is 10.4 Å². The van der Waals surface area contributed by atoms with Crippen LogP contribution in [0.5, 0.6) is 0 Å². The van der Waals surface area contributed by atoms with Crippen LogP contribution in [0.25, 0.3) is 0 Å². The lowest BCUT2D eigenvalue weighted by atomic mass is 9.99. The van der Waals surface area contributed by atoms with Gasteiger partial charge in [0, 0.05) is 13.2 Å². The van der Waals surface area contributed by atoms with Crippen LogP contribution in [-0.4, -0.2) is 23.1 Å². The Bertz CT molecular complexity index is 362. The molecule has 82 valence electrons. The third-order valence-electron chi connectivity index (χ3n) is 2.12. The van der Waals surface area contributed by atoms with E-state index in [0.29, 0.717) is 11.7 Å². The zero-order chi connectivity index (χ0) is 11.4. The maximum absolute atomic E-state index is 11.1. The largest absolute Gasteiger partial charge is 0.478 e. The Morgan fingerprint density at radius 2 is 2.27 bits per heavy atom. The molecule has 1 aromatic rings. The molecular weight excluding hydrogens is 192 g/mol. The van der Waals surface area contributed by atoms with E-state index < -0.39 is 5.97 Å². The highest BCUT2D eigenvalue weighted by atomic mass is 16.4. The van der Waals surface area contributed by atoms with Gasteiger partial charge in [0.1, 0.15) is 11.4 Å². The molecule has 0 radical (unpaired) electrons. The number of aromatic nitrogens is 1. The third-order valence-corrected chi connectivity index (χ3v) is 2.12. The maximum atomic E-state index is 11.1. The fourth-order valence-electron chi connectivity index (χ4n) is 1.54. The van der Waals surface area contributed by atoms with Gasteiger partial charge in [-0.2, -0.15) is 0 Å². The monoisotopic (exact) mass is 208 g/mol. The average molecular weight is 208 g/mol. The molecule has 0 unspecified atom stereocenters. The van der Waals surface area contributed by atoms with Crippen LogP contribution in [0.4, 0.5) is 5.82 Å². The molecule has 0 aliphatic heterocycles. The molecule has 0 bridgehead atoms. The van der Waals surface area contributed by atoms with Crippen molar-refractivity contribution < 1.29 is 9.90 Å². The summed E-state index contributed by atoms with van der Waals surface area (Å²) in [5.41, 5.74) is 1.12. The number of nitrogens with zero attached hydrogens (tertiary/aromatic N) is 1. The van der Waals surface area contributed by atoms with E-state index in [-0.39, 0.29) is 5.56 Å². The van der Waals surface area contributed by atoms with E-state index >= 15 is 0 Å². The minimum atomic E-state index is -0.928. The van der Waals surface area contributed by atoms with E-state index in [1.54, 1.807) is 19.3 Å². The van der Waals surface area contributed by atoms with Gasteiger partial charge in [0.15, 0.2) is 0 Å². The molecule has 0 fully saturated rings. The van der Waals surface area contributed by atoms with Gasteiger partial charge in [-0.1, -0.05) is 13.8 Å². The molecule has 1 heterocycles. The molecular formula is C11H16N2O2. The average Bonchev–Trinajstić information content (AvgIpc) is 2.15. The van der Waals surface area contributed by atoms with Crippen molar-refractivity contribution in [2.24, 2.45) is 5.92 Å². The summed E-state index contributed by atoms with van der Waals surface area (Å²) in [6.07, 6.45) is 2.38. The molecule has 0 aromatic carbocycles. The molecule has 1 aromatic heterocycles. The second-order valence-electron chi connectivity index (χ2n) is 3.85. The van der Waals surface area contributed by atoms with Crippen LogP contribution in [0.1, 0.15) is 29.8 Å². The molecule has 0 atom stereocenters. The van der Waals surface area contributed by atoms with Crippen molar-refractivity contribution in [3.8, 4) is 0 Å². The maximum Gasteiger partial charge on any atom is 0.339 e. The molecule has 1 rings (SSSR count). The van der Waals surface area contributed by atoms with E-state index in [0.717, 1.165) is 12.0 Å². The molecule has 0 spiro atoms. The number of hydrogen-bond acceptors (Lipinski definition) is 3. The summed E-state index contributed by atoms with van der Waals surface area (Å²) >= 11 is 0. The van der Waals surface area contributed by atoms with Gasteiger partial charge in [-0.05, 0) is 24.0 Å². The van der Waals surface area contributed by atoms with Crippen LogP contribution in [-0.2, 0) is 6.42 Å². The first-order chi connectivity index (χ1) is 7.06. The zero-order valence-electron chi connectivity index (χ0n) is 9.24. The highest BCUT2D eigenvalue weighted by molar-refractivity contribution is 5.94. The molecule has 0 saturated carbocycles. The van der Waals surface area contributed by atoms with Crippen LogP contribution in [0, 0.1) is 5.92 Å². The van der Waals surface area contributed by atoms with E-state index in [1.807, 2.05) is 0 Å². The fourth-order valence-corrected chi connectivity index (χ4v) is 1.54. The Balaban J connectivity index is 3.19. The summed E-state index contributed by atoms with van der Waals surface area (Å²) in [4.78, 5) is 15.1. The highest BCUT2D eigenvalue weighted by Crippen LogP contribution is 2.19. The zero-order valence-corrected chi connectivity index (χ0v) is 9.24. The van der Waals surface area contributed by atoms with Gasteiger partial charge in [0.25, 0.3) is 0 Å². The Labute approximate surface area is 89.3 Å². The van der Waals surface area contributed by atoms with E-state index in [1.165, 1.54) is 0 Å². The van der Waals surface area contributed by atoms with E-state index in [2.05, 4.69) is 24.1 Å². The number of pyridine rings is 1. The molecule has 0 saturated heterocycles. The predicted octanol–water partition coefficient (Wildman–Crippen LogP) is 2.02. The van der Waals surface area contributed by atoms with Crippen molar-refractivity contribution in [1.29, 1.82) is 0 Å². The quantitative estimate of drug-likeness (QED) is 0.794. The molecule has 0 amide bonds. The van der Waals surface area contributed by atoms with Gasteiger partial charge in [-0.3, -0.25) is 0 Å². The van der Waals surface area contributed by atoms with Crippen LogP contribution in [0.2, 0.25) is 0 Å². The van der Waals surface area contributed by atoms with Gasteiger partial charge >= 0.3 is 5.97 Å². The first-order valence-corrected chi connectivity index (χ1v) is 4.95.